The maximum absolute atomic E-state index is 11.9. The lowest BCUT2D eigenvalue weighted by atomic mass is 10.1. The van der Waals surface area contributed by atoms with Gasteiger partial charge in [0.25, 0.3) is 0 Å². The number of benzene rings is 2. The molecule has 0 aliphatic rings. The number of para-hydroxylation sites is 1. The Morgan fingerprint density at radius 1 is 1.00 bits per heavy atom. The predicted octanol–water partition coefficient (Wildman–Crippen LogP) is 4.48. The Hall–Kier alpha value is -1.91. The molecule has 0 saturated carbocycles. The van der Waals surface area contributed by atoms with Gasteiger partial charge in [0, 0.05) is 16.1 Å². The lowest BCUT2D eigenvalue weighted by Gasteiger charge is -2.03. The average Bonchev–Trinajstić information content (AvgIpc) is 2.48. The first kappa shape index (κ1) is 15.5. The predicted molar refractivity (Wildman–Crippen MR) is 87.7 cm³/mol. The number of carbonyl (C=O) groups is 2. The summed E-state index contributed by atoms with van der Waals surface area (Å²) in [4.78, 5) is 23.6. The zero-order chi connectivity index (χ0) is 15.2. The number of rotatable bonds is 4. The molecule has 2 rings (SSSR count). The molecule has 0 heterocycles. The van der Waals surface area contributed by atoms with Crippen molar-refractivity contribution in [2.75, 3.05) is 5.32 Å². The molecule has 2 aromatic carbocycles. The van der Waals surface area contributed by atoms with E-state index in [2.05, 4.69) is 21.2 Å². The quantitative estimate of drug-likeness (QED) is 0.642. The van der Waals surface area contributed by atoms with Crippen molar-refractivity contribution in [3.05, 3.63) is 75.7 Å². The molecule has 21 heavy (non-hydrogen) atoms. The van der Waals surface area contributed by atoms with Crippen LogP contribution in [0.4, 0.5) is 5.69 Å². The van der Waals surface area contributed by atoms with E-state index in [0.717, 1.165) is 4.47 Å². The summed E-state index contributed by atoms with van der Waals surface area (Å²) in [7, 11) is 0. The smallest absolute Gasteiger partial charge is 0.248 e. The summed E-state index contributed by atoms with van der Waals surface area (Å²) in [5.74, 6) is -0.648. The average molecular weight is 365 g/mol. The van der Waals surface area contributed by atoms with Crippen molar-refractivity contribution in [1.29, 1.82) is 0 Å². The van der Waals surface area contributed by atoms with E-state index in [1.165, 1.54) is 12.2 Å². The molecule has 0 radical (unpaired) electrons. The van der Waals surface area contributed by atoms with Gasteiger partial charge in [-0.05, 0) is 42.5 Å². The highest BCUT2D eigenvalue weighted by atomic mass is 79.9. The summed E-state index contributed by atoms with van der Waals surface area (Å²) in [5, 5.41) is 3.05. The zero-order valence-electron chi connectivity index (χ0n) is 10.8. The number of nitrogens with one attached hydrogen (secondary N) is 1. The lowest BCUT2D eigenvalue weighted by Crippen LogP contribution is -2.09. The maximum Gasteiger partial charge on any atom is 0.248 e. The second-order valence-electron chi connectivity index (χ2n) is 4.17. The third kappa shape index (κ3) is 4.55. The Kier molecular flexibility index (Phi) is 5.31. The number of hydrogen-bond acceptors (Lipinski definition) is 2. The molecule has 0 unspecified atom stereocenters. The van der Waals surface area contributed by atoms with Gasteiger partial charge < -0.3 is 5.32 Å². The van der Waals surface area contributed by atoms with Gasteiger partial charge in [0.1, 0.15) is 0 Å². The van der Waals surface area contributed by atoms with E-state index >= 15 is 0 Å². The molecule has 3 nitrogen and oxygen atoms in total. The summed E-state index contributed by atoms with van der Waals surface area (Å²) >= 11 is 9.23. The van der Waals surface area contributed by atoms with Crippen LogP contribution < -0.4 is 5.32 Å². The first-order chi connectivity index (χ1) is 10.1. The number of amides is 1. The molecular formula is C16H11BrClNO2. The van der Waals surface area contributed by atoms with Gasteiger partial charge in [-0.15, -0.1) is 0 Å². The number of halogens is 2. The molecule has 0 atom stereocenters. The standard InChI is InChI=1S/C16H11BrClNO2/c17-12-7-5-11(6-8-12)15(20)9-10-16(21)19-14-4-2-1-3-13(14)18/h1-10H,(H,19,21)/b10-9+. The van der Waals surface area contributed by atoms with Gasteiger partial charge in [0.2, 0.25) is 5.91 Å². The Labute approximate surface area is 135 Å². The highest BCUT2D eigenvalue weighted by Gasteiger charge is 2.04. The molecule has 0 aliphatic heterocycles. The molecular weight excluding hydrogens is 354 g/mol. The number of ketones is 1. The second kappa shape index (κ2) is 7.20. The van der Waals surface area contributed by atoms with Crippen LogP contribution in [0.3, 0.4) is 0 Å². The van der Waals surface area contributed by atoms with Gasteiger partial charge in [0.05, 0.1) is 10.7 Å². The normalized spacial score (nSPS) is 10.6. The van der Waals surface area contributed by atoms with E-state index in [1.807, 2.05) is 0 Å². The number of anilines is 1. The van der Waals surface area contributed by atoms with Gasteiger partial charge in [-0.3, -0.25) is 9.59 Å². The van der Waals surface area contributed by atoms with Crippen LogP contribution >= 0.6 is 27.5 Å². The van der Waals surface area contributed by atoms with Crippen molar-refractivity contribution >= 4 is 44.9 Å². The maximum atomic E-state index is 11.9. The van der Waals surface area contributed by atoms with Crippen LogP contribution in [0.15, 0.2) is 65.2 Å². The van der Waals surface area contributed by atoms with Gasteiger partial charge in [-0.1, -0.05) is 39.7 Å². The molecule has 1 amide bonds. The molecule has 0 aromatic heterocycles. The van der Waals surface area contributed by atoms with E-state index in [0.29, 0.717) is 16.3 Å². The fourth-order valence-electron chi connectivity index (χ4n) is 1.60. The van der Waals surface area contributed by atoms with Gasteiger partial charge in [0.15, 0.2) is 5.78 Å². The van der Waals surface area contributed by atoms with Crippen molar-refractivity contribution in [2.45, 2.75) is 0 Å². The Balaban J connectivity index is 2.00. The summed E-state index contributed by atoms with van der Waals surface area (Å²) in [5.41, 5.74) is 1.02. The molecule has 0 bridgehead atoms. The van der Waals surface area contributed by atoms with Crippen LogP contribution in [0.5, 0.6) is 0 Å². The van der Waals surface area contributed by atoms with Crippen molar-refractivity contribution in [3.8, 4) is 0 Å². The first-order valence-electron chi connectivity index (χ1n) is 6.10. The van der Waals surface area contributed by atoms with Gasteiger partial charge in [-0.2, -0.15) is 0 Å². The molecule has 5 heteroatoms. The molecule has 2 aromatic rings. The summed E-state index contributed by atoms with van der Waals surface area (Å²) in [6.45, 7) is 0. The molecule has 0 saturated heterocycles. The Morgan fingerprint density at radius 2 is 1.67 bits per heavy atom. The van der Waals surface area contributed by atoms with E-state index in [9.17, 15) is 9.59 Å². The Morgan fingerprint density at radius 3 is 2.33 bits per heavy atom. The fourth-order valence-corrected chi connectivity index (χ4v) is 2.05. The molecule has 106 valence electrons. The number of carbonyl (C=O) groups excluding carboxylic acids is 2. The first-order valence-corrected chi connectivity index (χ1v) is 7.27. The fraction of sp³-hybridized carbons (Fsp3) is 0. The lowest BCUT2D eigenvalue weighted by molar-refractivity contribution is -0.111. The third-order valence-corrected chi connectivity index (χ3v) is 3.50. The minimum atomic E-state index is -0.409. The highest BCUT2D eigenvalue weighted by molar-refractivity contribution is 9.10. The van der Waals surface area contributed by atoms with Gasteiger partial charge in [-0.25, -0.2) is 0 Å². The van der Waals surface area contributed by atoms with Crippen LogP contribution in [0, 0.1) is 0 Å². The topological polar surface area (TPSA) is 46.2 Å². The van der Waals surface area contributed by atoms with Crippen molar-refractivity contribution < 1.29 is 9.59 Å². The summed E-state index contributed by atoms with van der Waals surface area (Å²) in [6.07, 6.45) is 2.42. The van der Waals surface area contributed by atoms with E-state index in [-0.39, 0.29) is 5.78 Å². The Bertz CT molecular complexity index is 696. The van der Waals surface area contributed by atoms with Crippen LogP contribution in [-0.2, 0) is 4.79 Å². The van der Waals surface area contributed by atoms with E-state index in [4.69, 9.17) is 11.6 Å². The molecule has 0 aliphatic carbocycles. The SMILES string of the molecule is O=C(/C=C/C(=O)c1ccc(Br)cc1)Nc1ccccc1Cl. The number of allylic oxidation sites excluding steroid dienone is 1. The molecule has 1 N–H and O–H groups in total. The highest BCUT2D eigenvalue weighted by Crippen LogP contribution is 2.20. The van der Waals surface area contributed by atoms with Crippen LogP contribution in [0.25, 0.3) is 0 Å². The van der Waals surface area contributed by atoms with Crippen molar-refractivity contribution in [3.63, 3.8) is 0 Å². The van der Waals surface area contributed by atoms with E-state index < -0.39 is 5.91 Å². The van der Waals surface area contributed by atoms with Crippen molar-refractivity contribution in [1.82, 2.24) is 0 Å². The van der Waals surface area contributed by atoms with E-state index in [1.54, 1.807) is 48.5 Å². The van der Waals surface area contributed by atoms with Crippen LogP contribution in [0.2, 0.25) is 5.02 Å². The summed E-state index contributed by atoms with van der Waals surface area (Å²) < 4.78 is 0.888. The zero-order valence-corrected chi connectivity index (χ0v) is 13.2. The van der Waals surface area contributed by atoms with Crippen LogP contribution in [-0.4, -0.2) is 11.7 Å². The van der Waals surface area contributed by atoms with Gasteiger partial charge >= 0.3 is 0 Å². The minimum Gasteiger partial charge on any atom is -0.321 e. The third-order valence-electron chi connectivity index (χ3n) is 2.65. The number of hydrogen-bond donors (Lipinski definition) is 1. The molecule has 0 spiro atoms. The summed E-state index contributed by atoms with van der Waals surface area (Å²) in [6, 6.07) is 13.8. The largest absolute Gasteiger partial charge is 0.321 e. The van der Waals surface area contributed by atoms with Crippen molar-refractivity contribution in [2.24, 2.45) is 0 Å². The molecule has 0 fully saturated rings. The second-order valence-corrected chi connectivity index (χ2v) is 5.50. The monoisotopic (exact) mass is 363 g/mol. The van der Waals surface area contributed by atoms with Crippen LogP contribution in [0.1, 0.15) is 10.4 Å². The minimum absolute atomic E-state index is 0.239.